The second-order valence-corrected chi connectivity index (χ2v) is 3.72. The molecule has 3 rings (SSSR count). The van der Waals surface area contributed by atoms with Gasteiger partial charge in [0.25, 0.3) is 11.9 Å². The smallest absolute Gasteiger partial charge is 0.256 e. The van der Waals surface area contributed by atoms with Gasteiger partial charge in [0.15, 0.2) is 0 Å². The third-order valence-corrected chi connectivity index (χ3v) is 2.51. The van der Waals surface area contributed by atoms with Crippen molar-refractivity contribution in [3.8, 4) is 0 Å². The molecule has 6 heteroatoms. The zero-order chi connectivity index (χ0) is 12.4. The summed E-state index contributed by atoms with van der Waals surface area (Å²) in [6.07, 6.45) is 6.75. The quantitative estimate of drug-likeness (QED) is 0.784. The highest BCUT2D eigenvalue weighted by molar-refractivity contribution is 6.18. The summed E-state index contributed by atoms with van der Waals surface area (Å²) in [5.74, 6) is 0.154. The van der Waals surface area contributed by atoms with Crippen molar-refractivity contribution >= 4 is 17.6 Å². The van der Waals surface area contributed by atoms with Crippen LogP contribution in [0, 0.1) is 0 Å². The van der Waals surface area contributed by atoms with E-state index in [0.29, 0.717) is 11.7 Å². The first-order valence-electron chi connectivity index (χ1n) is 5.42. The molecular formula is C12H9N5O. The van der Waals surface area contributed by atoms with E-state index in [4.69, 9.17) is 0 Å². The summed E-state index contributed by atoms with van der Waals surface area (Å²) >= 11 is 0. The van der Waals surface area contributed by atoms with Crippen LogP contribution in [-0.2, 0) is 4.79 Å². The van der Waals surface area contributed by atoms with Crippen molar-refractivity contribution in [2.45, 2.75) is 6.42 Å². The largest absolute Gasteiger partial charge is 0.272 e. The first-order valence-corrected chi connectivity index (χ1v) is 5.42. The molecular weight excluding hydrogens is 230 g/mol. The minimum atomic E-state index is -0.139. The first-order chi connectivity index (χ1) is 8.84. The fraction of sp³-hybridized carbons (Fsp3) is 0.0833. The molecule has 0 N–H and O–H groups in total. The number of pyridine rings is 1. The highest BCUT2D eigenvalue weighted by Gasteiger charge is 2.27. The van der Waals surface area contributed by atoms with Crippen molar-refractivity contribution in [1.82, 2.24) is 15.0 Å². The van der Waals surface area contributed by atoms with Crippen LogP contribution in [0.3, 0.4) is 0 Å². The van der Waals surface area contributed by atoms with Gasteiger partial charge in [0, 0.05) is 30.4 Å². The van der Waals surface area contributed by atoms with Crippen LogP contribution in [0.5, 0.6) is 0 Å². The SMILES string of the molecule is O=C1CC(c2cccnc2)=NN1c1ncccn1. The molecule has 0 saturated carbocycles. The molecule has 0 radical (unpaired) electrons. The first kappa shape index (κ1) is 10.5. The number of rotatable bonds is 2. The van der Waals surface area contributed by atoms with Gasteiger partial charge in [-0.15, -0.1) is 0 Å². The summed E-state index contributed by atoms with van der Waals surface area (Å²) in [5, 5.41) is 5.47. The van der Waals surface area contributed by atoms with Gasteiger partial charge in [-0.05, 0) is 18.2 Å². The van der Waals surface area contributed by atoms with Crippen LogP contribution in [0.4, 0.5) is 5.95 Å². The van der Waals surface area contributed by atoms with Gasteiger partial charge in [-0.25, -0.2) is 9.97 Å². The molecule has 0 spiro atoms. The van der Waals surface area contributed by atoms with E-state index in [9.17, 15) is 4.79 Å². The third kappa shape index (κ3) is 1.84. The molecule has 88 valence electrons. The Morgan fingerprint density at radius 2 is 1.94 bits per heavy atom. The van der Waals surface area contributed by atoms with E-state index in [1.165, 1.54) is 5.01 Å². The topological polar surface area (TPSA) is 71.3 Å². The molecule has 2 aromatic heterocycles. The van der Waals surface area contributed by atoms with Gasteiger partial charge < -0.3 is 0 Å². The number of amides is 1. The van der Waals surface area contributed by atoms with Crippen LogP contribution < -0.4 is 5.01 Å². The van der Waals surface area contributed by atoms with Crippen molar-refractivity contribution < 1.29 is 4.79 Å². The maximum Gasteiger partial charge on any atom is 0.256 e. The fourth-order valence-corrected chi connectivity index (χ4v) is 1.68. The van der Waals surface area contributed by atoms with E-state index >= 15 is 0 Å². The fourth-order valence-electron chi connectivity index (χ4n) is 1.68. The third-order valence-electron chi connectivity index (χ3n) is 2.51. The normalized spacial score (nSPS) is 14.8. The van der Waals surface area contributed by atoms with Gasteiger partial charge in [-0.3, -0.25) is 9.78 Å². The van der Waals surface area contributed by atoms with Crippen molar-refractivity contribution in [2.24, 2.45) is 5.10 Å². The minimum Gasteiger partial charge on any atom is -0.272 e. The Kier molecular flexibility index (Phi) is 2.53. The van der Waals surface area contributed by atoms with Crippen molar-refractivity contribution in [2.75, 3.05) is 5.01 Å². The summed E-state index contributed by atoms with van der Waals surface area (Å²) in [6.45, 7) is 0. The Labute approximate surface area is 103 Å². The molecule has 0 bridgehead atoms. The number of carbonyl (C=O) groups excluding carboxylic acids is 1. The van der Waals surface area contributed by atoms with Crippen LogP contribution in [-0.4, -0.2) is 26.6 Å². The predicted molar refractivity (Wildman–Crippen MR) is 64.9 cm³/mol. The average molecular weight is 239 g/mol. The maximum atomic E-state index is 11.9. The summed E-state index contributed by atoms with van der Waals surface area (Å²) in [7, 11) is 0. The number of aromatic nitrogens is 3. The highest BCUT2D eigenvalue weighted by atomic mass is 16.2. The lowest BCUT2D eigenvalue weighted by Crippen LogP contribution is -2.21. The molecule has 3 heterocycles. The number of carbonyl (C=O) groups is 1. The molecule has 0 saturated heterocycles. The molecule has 0 aliphatic carbocycles. The number of hydrogen-bond donors (Lipinski definition) is 0. The monoisotopic (exact) mass is 239 g/mol. The van der Waals surface area contributed by atoms with Gasteiger partial charge in [-0.2, -0.15) is 10.1 Å². The second kappa shape index (κ2) is 4.33. The number of hydrogen-bond acceptors (Lipinski definition) is 5. The van der Waals surface area contributed by atoms with Gasteiger partial charge >= 0.3 is 0 Å². The van der Waals surface area contributed by atoms with Crippen molar-refractivity contribution in [3.63, 3.8) is 0 Å². The second-order valence-electron chi connectivity index (χ2n) is 3.72. The van der Waals surface area contributed by atoms with Crippen LogP contribution >= 0.6 is 0 Å². The lowest BCUT2D eigenvalue weighted by molar-refractivity contribution is -0.117. The molecule has 0 fully saturated rings. The maximum absolute atomic E-state index is 11.9. The van der Waals surface area contributed by atoms with Crippen molar-refractivity contribution in [1.29, 1.82) is 0 Å². The highest BCUT2D eigenvalue weighted by Crippen LogP contribution is 2.18. The van der Waals surface area contributed by atoms with E-state index in [0.717, 1.165) is 5.56 Å². The van der Waals surface area contributed by atoms with Gasteiger partial charge in [0.2, 0.25) is 0 Å². The summed E-state index contributed by atoms with van der Waals surface area (Å²) in [6, 6.07) is 5.37. The van der Waals surface area contributed by atoms with Crippen LogP contribution in [0.15, 0.2) is 48.1 Å². The van der Waals surface area contributed by atoms with E-state index in [-0.39, 0.29) is 12.3 Å². The Hall–Kier alpha value is -2.63. The zero-order valence-corrected chi connectivity index (χ0v) is 9.39. The summed E-state index contributed by atoms with van der Waals surface area (Å²) in [4.78, 5) is 23.9. The van der Waals surface area contributed by atoms with E-state index in [2.05, 4.69) is 20.1 Å². The molecule has 0 unspecified atom stereocenters. The van der Waals surface area contributed by atoms with Crippen LogP contribution in [0.2, 0.25) is 0 Å². The lowest BCUT2D eigenvalue weighted by atomic mass is 10.1. The molecule has 1 amide bonds. The van der Waals surface area contributed by atoms with E-state index < -0.39 is 0 Å². The summed E-state index contributed by atoms with van der Waals surface area (Å²) in [5.41, 5.74) is 1.52. The van der Waals surface area contributed by atoms with Crippen molar-refractivity contribution in [3.05, 3.63) is 48.5 Å². The van der Waals surface area contributed by atoms with Gasteiger partial charge in [-0.1, -0.05) is 0 Å². The van der Waals surface area contributed by atoms with Crippen LogP contribution in [0.1, 0.15) is 12.0 Å². The average Bonchev–Trinajstić information content (AvgIpc) is 2.83. The molecule has 0 atom stereocenters. The number of anilines is 1. The van der Waals surface area contributed by atoms with E-state index in [1.807, 2.05) is 12.1 Å². The Morgan fingerprint density at radius 3 is 2.67 bits per heavy atom. The molecule has 1 aliphatic heterocycles. The Bertz CT molecular complexity index is 596. The number of nitrogens with zero attached hydrogens (tertiary/aromatic N) is 5. The summed E-state index contributed by atoms with van der Waals surface area (Å²) < 4.78 is 0. The molecule has 2 aromatic rings. The molecule has 1 aliphatic rings. The van der Waals surface area contributed by atoms with Gasteiger partial charge in [0.05, 0.1) is 12.1 Å². The van der Waals surface area contributed by atoms with Gasteiger partial charge in [0.1, 0.15) is 0 Å². The Balaban J connectivity index is 1.95. The zero-order valence-electron chi connectivity index (χ0n) is 9.39. The standard InChI is InChI=1S/C12H9N5O/c18-11-7-10(9-3-1-4-13-8-9)16-17(11)12-14-5-2-6-15-12/h1-6,8H,7H2. The predicted octanol–water partition coefficient (Wildman–Crippen LogP) is 1.01. The van der Waals surface area contributed by atoms with Crippen LogP contribution in [0.25, 0.3) is 0 Å². The lowest BCUT2D eigenvalue weighted by Gasteiger charge is -2.07. The number of hydrazone groups is 1. The molecule has 18 heavy (non-hydrogen) atoms. The molecule has 6 nitrogen and oxygen atoms in total. The molecule has 0 aromatic carbocycles. The minimum absolute atomic E-state index is 0.139. The van der Waals surface area contributed by atoms with E-state index in [1.54, 1.807) is 30.9 Å². The Morgan fingerprint density at radius 1 is 1.11 bits per heavy atom.